The van der Waals surface area contributed by atoms with Gasteiger partial charge in [0.1, 0.15) is 5.82 Å². The second kappa shape index (κ2) is 7.60. The Balaban J connectivity index is 1.35. The lowest BCUT2D eigenvalue weighted by Gasteiger charge is -2.36. The van der Waals surface area contributed by atoms with Gasteiger partial charge in [0, 0.05) is 35.9 Å². The SMILES string of the molecule is O=C(N[C@H]1C[C@H](NCC[C@H]2CCOC2)C1)c1cc(F)cc(Cl)c1. The monoisotopic (exact) mass is 340 g/mol. The molecule has 0 bridgehead atoms. The Bertz CT molecular complexity index is 537. The van der Waals surface area contributed by atoms with Crippen LogP contribution in [0.2, 0.25) is 5.02 Å². The molecule has 0 unspecified atom stereocenters. The number of nitrogens with one attached hydrogen (secondary N) is 2. The van der Waals surface area contributed by atoms with Gasteiger partial charge in [0.15, 0.2) is 0 Å². The van der Waals surface area contributed by atoms with Gasteiger partial charge in [0.2, 0.25) is 0 Å². The van der Waals surface area contributed by atoms with Gasteiger partial charge in [-0.05, 0) is 56.3 Å². The minimum Gasteiger partial charge on any atom is -0.381 e. The van der Waals surface area contributed by atoms with Gasteiger partial charge < -0.3 is 15.4 Å². The Morgan fingerprint density at radius 1 is 1.30 bits per heavy atom. The van der Waals surface area contributed by atoms with Crippen LogP contribution in [0, 0.1) is 11.7 Å². The third kappa shape index (κ3) is 4.66. The minimum atomic E-state index is -0.494. The van der Waals surface area contributed by atoms with Gasteiger partial charge >= 0.3 is 0 Å². The van der Waals surface area contributed by atoms with Crippen molar-refractivity contribution in [3.05, 3.63) is 34.6 Å². The molecule has 2 fully saturated rings. The van der Waals surface area contributed by atoms with E-state index < -0.39 is 5.82 Å². The number of carbonyl (C=O) groups excluding carboxylic acids is 1. The van der Waals surface area contributed by atoms with Crippen molar-refractivity contribution in [3.63, 3.8) is 0 Å². The van der Waals surface area contributed by atoms with Crippen molar-refractivity contribution in [2.24, 2.45) is 5.92 Å². The summed E-state index contributed by atoms with van der Waals surface area (Å²) in [7, 11) is 0. The van der Waals surface area contributed by atoms with Gasteiger partial charge in [-0.2, -0.15) is 0 Å². The molecule has 2 aliphatic rings. The van der Waals surface area contributed by atoms with Crippen molar-refractivity contribution in [1.29, 1.82) is 0 Å². The highest BCUT2D eigenvalue weighted by Gasteiger charge is 2.30. The number of rotatable bonds is 6. The lowest BCUT2D eigenvalue weighted by atomic mass is 9.86. The first-order chi connectivity index (χ1) is 11.1. The number of carbonyl (C=O) groups is 1. The predicted octanol–water partition coefficient (Wildman–Crippen LogP) is 2.76. The molecule has 1 amide bonds. The Morgan fingerprint density at radius 3 is 2.83 bits per heavy atom. The summed E-state index contributed by atoms with van der Waals surface area (Å²) < 4.78 is 18.6. The zero-order valence-corrected chi connectivity index (χ0v) is 13.7. The second-order valence-corrected chi connectivity index (χ2v) is 6.91. The summed E-state index contributed by atoms with van der Waals surface area (Å²) in [6, 6.07) is 4.49. The highest BCUT2D eigenvalue weighted by Crippen LogP contribution is 2.22. The van der Waals surface area contributed by atoms with Crippen LogP contribution >= 0.6 is 11.6 Å². The van der Waals surface area contributed by atoms with Crippen LogP contribution in [-0.4, -0.2) is 37.7 Å². The molecule has 23 heavy (non-hydrogen) atoms. The topological polar surface area (TPSA) is 50.4 Å². The van der Waals surface area contributed by atoms with E-state index in [2.05, 4.69) is 10.6 Å². The van der Waals surface area contributed by atoms with Crippen LogP contribution in [0.25, 0.3) is 0 Å². The maximum atomic E-state index is 13.3. The van der Waals surface area contributed by atoms with Crippen LogP contribution < -0.4 is 10.6 Å². The van der Waals surface area contributed by atoms with Crippen molar-refractivity contribution in [3.8, 4) is 0 Å². The number of ether oxygens (including phenoxy) is 1. The molecule has 1 aromatic rings. The molecule has 1 saturated carbocycles. The number of hydrogen-bond donors (Lipinski definition) is 2. The molecule has 0 spiro atoms. The smallest absolute Gasteiger partial charge is 0.251 e. The highest BCUT2D eigenvalue weighted by atomic mass is 35.5. The van der Waals surface area contributed by atoms with E-state index in [-0.39, 0.29) is 22.5 Å². The van der Waals surface area contributed by atoms with Gasteiger partial charge in [0.25, 0.3) is 5.91 Å². The number of hydrogen-bond acceptors (Lipinski definition) is 3. The van der Waals surface area contributed by atoms with Gasteiger partial charge in [-0.1, -0.05) is 11.6 Å². The van der Waals surface area contributed by atoms with Gasteiger partial charge in [-0.3, -0.25) is 4.79 Å². The molecular formula is C17H22ClFN2O2. The Hall–Kier alpha value is -1.17. The molecule has 1 aliphatic carbocycles. The van der Waals surface area contributed by atoms with Crippen LogP contribution in [0.3, 0.4) is 0 Å². The summed E-state index contributed by atoms with van der Waals surface area (Å²) in [6.07, 6.45) is 4.14. The van der Waals surface area contributed by atoms with Crippen molar-refractivity contribution in [2.75, 3.05) is 19.8 Å². The lowest BCUT2D eigenvalue weighted by molar-refractivity contribution is 0.0901. The van der Waals surface area contributed by atoms with E-state index in [1.54, 1.807) is 0 Å². The average molecular weight is 341 g/mol. The molecular weight excluding hydrogens is 319 g/mol. The summed E-state index contributed by atoms with van der Waals surface area (Å²) >= 11 is 5.77. The normalized spacial score (nSPS) is 26.8. The third-order valence-electron chi connectivity index (χ3n) is 4.61. The molecule has 6 heteroatoms. The molecule has 1 saturated heterocycles. The van der Waals surface area contributed by atoms with E-state index in [1.165, 1.54) is 24.6 Å². The molecule has 1 atom stereocenters. The van der Waals surface area contributed by atoms with Crippen LogP contribution in [0.1, 0.15) is 36.0 Å². The lowest BCUT2D eigenvalue weighted by Crippen LogP contribution is -2.52. The van der Waals surface area contributed by atoms with E-state index in [9.17, 15) is 9.18 Å². The van der Waals surface area contributed by atoms with Gasteiger partial charge in [0.05, 0.1) is 0 Å². The van der Waals surface area contributed by atoms with Crippen molar-refractivity contribution in [1.82, 2.24) is 10.6 Å². The quantitative estimate of drug-likeness (QED) is 0.837. The minimum absolute atomic E-state index is 0.150. The summed E-state index contributed by atoms with van der Waals surface area (Å²) in [4.78, 5) is 12.1. The molecule has 1 heterocycles. The summed E-state index contributed by atoms with van der Waals surface area (Å²) in [5.41, 5.74) is 0.271. The number of benzene rings is 1. The number of amides is 1. The molecule has 126 valence electrons. The van der Waals surface area contributed by atoms with Crippen LogP contribution in [0.15, 0.2) is 18.2 Å². The van der Waals surface area contributed by atoms with Gasteiger partial charge in [-0.25, -0.2) is 4.39 Å². The summed E-state index contributed by atoms with van der Waals surface area (Å²) in [6.45, 7) is 2.78. The molecule has 1 aliphatic heterocycles. The summed E-state index contributed by atoms with van der Waals surface area (Å²) in [5, 5.41) is 6.68. The van der Waals surface area contributed by atoms with E-state index in [0.29, 0.717) is 12.0 Å². The maximum absolute atomic E-state index is 13.3. The predicted molar refractivity (Wildman–Crippen MR) is 87.2 cm³/mol. The molecule has 0 aromatic heterocycles. The standard InChI is InChI=1S/C17H22ClFN2O2/c18-13-5-12(6-14(19)7-13)17(22)21-16-8-15(9-16)20-3-1-11-2-4-23-10-11/h5-7,11,15-16,20H,1-4,8-10H2,(H,21,22)/t11-,15-,16-/m0/s1. The van der Waals surface area contributed by atoms with Crippen molar-refractivity contribution in [2.45, 2.75) is 37.8 Å². The van der Waals surface area contributed by atoms with Crippen molar-refractivity contribution >= 4 is 17.5 Å². The average Bonchev–Trinajstić information content (AvgIpc) is 2.96. The molecule has 0 radical (unpaired) electrons. The fourth-order valence-electron chi connectivity index (χ4n) is 3.16. The fraction of sp³-hybridized carbons (Fsp3) is 0.588. The van der Waals surface area contributed by atoms with E-state index in [0.717, 1.165) is 39.0 Å². The third-order valence-corrected chi connectivity index (χ3v) is 4.83. The first-order valence-electron chi connectivity index (χ1n) is 8.18. The van der Waals surface area contributed by atoms with Crippen LogP contribution in [0.4, 0.5) is 4.39 Å². The van der Waals surface area contributed by atoms with E-state index in [1.807, 2.05) is 0 Å². The first-order valence-corrected chi connectivity index (χ1v) is 8.56. The van der Waals surface area contributed by atoms with Crippen molar-refractivity contribution < 1.29 is 13.9 Å². The Morgan fingerprint density at radius 2 is 2.13 bits per heavy atom. The first kappa shape index (κ1) is 16.7. The largest absolute Gasteiger partial charge is 0.381 e. The summed E-state index contributed by atoms with van der Waals surface area (Å²) in [5.74, 6) is -0.0690. The van der Waals surface area contributed by atoms with Crippen LogP contribution in [-0.2, 0) is 4.74 Å². The highest BCUT2D eigenvalue weighted by molar-refractivity contribution is 6.31. The zero-order valence-electron chi connectivity index (χ0n) is 13.0. The molecule has 4 nitrogen and oxygen atoms in total. The molecule has 3 rings (SSSR count). The maximum Gasteiger partial charge on any atom is 0.251 e. The Kier molecular flexibility index (Phi) is 5.51. The van der Waals surface area contributed by atoms with Crippen LogP contribution in [0.5, 0.6) is 0 Å². The zero-order chi connectivity index (χ0) is 16.2. The number of halogens is 2. The molecule has 1 aromatic carbocycles. The fourth-order valence-corrected chi connectivity index (χ4v) is 3.38. The second-order valence-electron chi connectivity index (χ2n) is 6.47. The molecule has 2 N–H and O–H groups in total. The van der Waals surface area contributed by atoms with E-state index in [4.69, 9.17) is 16.3 Å². The Labute approximate surface area is 140 Å². The van der Waals surface area contributed by atoms with E-state index >= 15 is 0 Å². The van der Waals surface area contributed by atoms with Gasteiger partial charge in [-0.15, -0.1) is 0 Å².